The van der Waals surface area contributed by atoms with E-state index in [1.165, 1.54) is 12.3 Å². The Bertz CT molecular complexity index is 1470. The van der Waals surface area contributed by atoms with E-state index in [-0.39, 0.29) is 40.7 Å². The van der Waals surface area contributed by atoms with Gasteiger partial charge in [-0.2, -0.15) is 26.3 Å². The van der Waals surface area contributed by atoms with Crippen LogP contribution in [0.5, 0.6) is 0 Å². The topological polar surface area (TPSA) is 127 Å². The van der Waals surface area contributed by atoms with Crippen molar-refractivity contribution in [2.75, 3.05) is 17.2 Å². The first-order chi connectivity index (χ1) is 18.8. The summed E-state index contributed by atoms with van der Waals surface area (Å²) in [6, 6.07) is 4.33. The zero-order valence-electron chi connectivity index (χ0n) is 21.4. The molecule has 0 aliphatic rings. The van der Waals surface area contributed by atoms with Gasteiger partial charge < -0.3 is 16.4 Å². The fourth-order valence-electron chi connectivity index (χ4n) is 3.86. The van der Waals surface area contributed by atoms with Crippen molar-refractivity contribution in [1.29, 1.82) is 0 Å². The summed E-state index contributed by atoms with van der Waals surface area (Å²) < 4.78 is 80.7. The van der Waals surface area contributed by atoms with Gasteiger partial charge >= 0.3 is 12.4 Å². The molecule has 0 aliphatic heterocycles. The van der Waals surface area contributed by atoms with Gasteiger partial charge in [0.05, 0.1) is 23.0 Å². The molecule has 1 atom stereocenters. The first-order valence-corrected chi connectivity index (χ1v) is 12.2. The first-order valence-electron chi connectivity index (χ1n) is 12.2. The van der Waals surface area contributed by atoms with E-state index in [1.807, 2.05) is 6.92 Å². The van der Waals surface area contributed by atoms with E-state index < -0.39 is 34.7 Å². The molecule has 4 rings (SSSR count). The summed E-state index contributed by atoms with van der Waals surface area (Å²) in [7, 11) is 0. The molecule has 0 aliphatic carbocycles. The molecule has 0 saturated carbocycles. The lowest BCUT2D eigenvalue weighted by molar-refractivity contribution is -0.138. The fourth-order valence-corrected chi connectivity index (χ4v) is 3.86. The molecular formula is C25H25F6N9. The second-order valence-corrected chi connectivity index (χ2v) is 9.32. The molecule has 0 bridgehead atoms. The number of hydrogen-bond acceptors (Lipinski definition) is 9. The third kappa shape index (κ3) is 6.52. The van der Waals surface area contributed by atoms with Gasteiger partial charge in [-0.3, -0.25) is 0 Å². The molecule has 15 heteroatoms. The van der Waals surface area contributed by atoms with Gasteiger partial charge in [0.1, 0.15) is 28.5 Å². The molecule has 4 aromatic heterocycles. The van der Waals surface area contributed by atoms with Crippen LogP contribution in [0.4, 0.5) is 43.7 Å². The largest absolute Gasteiger partial charge is 0.418 e. The second-order valence-electron chi connectivity index (χ2n) is 9.32. The van der Waals surface area contributed by atoms with Crippen molar-refractivity contribution in [2.24, 2.45) is 5.73 Å². The van der Waals surface area contributed by atoms with Gasteiger partial charge in [-0.15, -0.1) is 10.2 Å². The maximum absolute atomic E-state index is 14.1. The van der Waals surface area contributed by atoms with E-state index >= 15 is 0 Å². The average Bonchev–Trinajstić information content (AvgIpc) is 2.91. The van der Waals surface area contributed by atoms with Crippen molar-refractivity contribution in [3.63, 3.8) is 0 Å². The minimum atomic E-state index is -4.79. The van der Waals surface area contributed by atoms with Gasteiger partial charge in [0, 0.05) is 24.5 Å². The van der Waals surface area contributed by atoms with Crippen LogP contribution in [0.1, 0.15) is 44.2 Å². The number of alkyl halides is 6. The monoisotopic (exact) mass is 565 g/mol. The number of aromatic nitrogens is 6. The predicted molar refractivity (Wildman–Crippen MR) is 136 cm³/mol. The van der Waals surface area contributed by atoms with E-state index in [2.05, 4.69) is 40.8 Å². The van der Waals surface area contributed by atoms with Gasteiger partial charge in [-0.25, -0.2) is 19.9 Å². The van der Waals surface area contributed by atoms with Crippen molar-refractivity contribution >= 4 is 28.5 Å². The lowest BCUT2D eigenvalue weighted by atomic mass is 9.95. The average molecular weight is 566 g/mol. The fraction of sp³-hybridized carbons (Fsp3) is 0.360. The number of anilines is 3. The summed E-state index contributed by atoms with van der Waals surface area (Å²) in [6.07, 6.45) is -3.90. The molecule has 0 saturated heterocycles. The molecule has 0 fully saturated rings. The molecule has 9 nitrogen and oxygen atoms in total. The van der Waals surface area contributed by atoms with E-state index in [4.69, 9.17) is 5.73 Å². The van der Waals surface area contributed by atoms with Crippen LogP contribution in [-0.4, -0.2) is 42.2 Å². The van der Waals surface area contributed by atoms with Gasteiger partial charge in [0.25, 0.3) is 0 Å². The summed E-state index contributed by atoms with van der Waals surface area (Å²) in [5, 5.41) is 13.6. The summed E-state index contributed by atoms with van der Waals surface area (Å²) in [6.45, 7) is 3.98. The first kappa shape index (κ1) is 28.9. The Morgan fingerprint density at radius 2 is 1.68 bits per heavy atom. The van der Waals surface area contributed by atoms with Crippen LogP contribution in [0.3, 0.4) is 0 Å². The highest BCUT2D eigenvalue weighted by molar-refractivity contribution is 5.87. The highest BCUT2D eigenvalue weighted by Crippen LogP contribution is 2.37. The van der Waals surface area contributed by atoms with Crippen LogP contribution in [-0.2, 0) is 12.4 Å². The Balaban J connectivity index is 1.67. The molecule has 4 N–H and O–H groups in total. The van der Waals surface area contributed by atoms with Crippen LogP contribution in [0, 0.1) is 0 Å². The van der Waals surface area contributed by atoms with Crippen molar-refractivity contribution in [1.82, 2.24) is 30.1 Å². The van der Waals surface area contributed by atoms with Crippen molar-refractivity contribution < 1.29 is 26.3 Å². The molecule has 4 aromatic rings. The van der Waals surface area contributed by atoms with Crippen molar-refractivity contribution in [3.8, 4) is 11.4 Å². The number of pyridine rings is 2. The molecule has 0 radical (unpaired) electrons. The standard InChI is InChI=1S/C25H25F6N9/c1-3-4-8-23(2,13-32)38-19-10-15(25(29,30)31)20(40-39-19)17-12-35-21-16(7-9-33-22(21)37-17)36-18-6-5-14(11-34-18)24(26,27)28/h5-7,9-12H,3-4,8,13,32H2,1-2H3,(H,38,39)(H,33,34,36,37). The van der Waals surface area contributed by atoms with Gasteiger partial charge in [-0.05, 0) is 37.6 Å². The lowest BCUT2D eigenvalue weighted by Crippen LogP contribution is -2.42. The maximum Gasteiger partial charge on any atom is 0.418 e. The third-order valence-corrected chi connectivity index (χ3v) is 6.11. The van der Waals surface area contributed by atoms with E-state index in [1.54, 1.807) is 6.92 Å². The lowest BCUT2D eigenvalue weighted by Gasteiger charge is -2.30. The SMILES string of the molecule is CCCCC(C)(CN)Nc1cc(C(F)(F)F)c(-c2cnc3c(Nc4ccc(C(F)(F)F)cn4)ccnc3n2)nn1. The molecular weight excluding hydrogens is 540 g/mol. The van der Waals surface area contributed by atoms with Crippen LogP contribution < -0.4 is 16.4 Å². The van der Waals surface area contributed by atoms with E-state index in [9.17, 15) is 26.3 Å². The van der Waals surface area contributed by atoms with Crippen LogP contribution >= 0.6 is 0 Å². The van der Waals surface area contributed by atoms with E-state index in [0.29, 0.717) is 12.6 Å². The predicted octanol–water partition coefficient (Wildman–Crippen LogP) is 5.98. The molecule has 212 valence electrons. The number of fused-ring (bicyclic) bond motifs is 1. The Morgan fingerprint density at radius 3 is 2.30 bits per heavy atom. The smallest absolute Gasteiger partial charge is 0.362 e. The Kier molecular flexibility index (Phi) is 8.05. The summed E-state index contributed by atoms with van der Waals surface area (Å²) in [4.78, 5) is 16.2. The molecule has 4 heterocycles. The van der Waals surface area contributed by atoms with Crippen LogP contribution in [0.15, 0.2) is 42.9 Å². The zero-order chi connectivity index (χ0) is 29.1. The number of rotatable bonds is 9. The molecule has 0 spiro atoms. The highest BCUT2D eigenvalue weighted by Gasteiger charge is 2.37. The van der Waals surface area contributed by atoms with Gasteiger partial charge in [0.2, 0.25) is 0 Å². The zero-order valence-corrected chi connectivity index (χ0v) is 21.4. The molecule has 40 heavy (non-hydrogen) atoms. The number of hydrogen-bond donors (Lipinski definition) is 3. The number of unbranched alkanes of at least 4 members (excludes halogenated alkanes) is 1. The number of nitrogens with zero attached hydrogens (tertiary/aromatic N) is 6. The number of nitrogens with one attached hydrogen (secondary N) is 2. The maximum atomic E-state index is 14.1. The summed E-state index contributed by atoms with van der Waals surface area (Å²) in [5.41, 5.74) is 2.85. The number of halogens is 6. The van der Waals surface area contributed by atoms with Crippen LogP contribution in [0.25, 0.3) is 22.6 Å². The van der Waals surface area contributed by atoms with Crippen LogP contribution in [0.2, 0.25) is 0 Å². The molecule has 0 amide bonds. The quantitative estimate of drug-likeness (QED) is 0.210. The minimum absolute atomic E-state index is 0.0261. The van der Waals surface area contributed by atoms with Gasteiger partial charge in [0.15, 0.2) is 5.65 Å². The van der Waals surface area contributed by atoms with Crippen molar-refractivity contribution in [2.45, 2.75) is 51.0 Å². The normalized spacial score (nSPS) is 13.7. The van der Waals surface area contributed by atoms with Gasteiger partial charge in [-0.1, -0.05) is 19.8 Å². The summed E-state index contributed by atoms with van der Waals surface area (Å²) >= 11 is 0. The minimum Gasteiger partial charge on any atom is -0.362 e. The highest BCUT2D eigenvalue weighted by atomic mass is 19.4. The molecule has 0 aromatic carbocycles. The van der Waals surface area contributed by atoms with E-state index in [0.717, 1.165) is 37.2 Å². The number of nitrogens with two attached hydrogens (primary N) is 1. The Labute approximate surface area is 224 Å². The summed E-state index contributed by atoms with van der Waals surface area (Å²) in [5.74, 6) is 0.00522. The Hall–Kier alpha value is -4.14. The second kappa shape index (κ2) is 11.2. The third-order valence-electron chi connectivity index (χ3n) is 6.11. The Morgan fingerprint density at radius 1 is 0.900 bits per heavy atom. The molecule has 1 unspecified atom stereocenters. The van der Waals surface area contributed by atoms with Crippen molar-refractivity contribution in [3.05, 3.63) is 54.0 Å².